The van der Waals surface area contributed by atoms with Crippen LogP contribution in [-0.4, -0.2) is 31.1 Å². The van der Waals surface area contributed by atoms with E-state index in [1.54, 1.807) is 7.11 Å². The number of amides is 1. The van der Waals surface area contributed by atoms with E-state index in [2.05, 4.69) is 10.7 Å². The maximum Gasteiger partial charge on any atom is 0.295 e. The van der Waals surface area contributed by atoms with Crippen molar-refractivity contribution in [3.8, 4) is 0 Å². The minimum Gasteiger partial charge on any atom is -0.385 e. The number of nitro groups is 1. The van der Waals surface area contributed by atoms with Crippen LogP contribution in [0.25, 0.3) is 0 Å². The number of halogens is 1. The number of nitrogen functional groups attached to an aromatic ring is 1. The molecule has 0 aliphatic rings. The first-order valence-electron chi connectivity index (χ1n) is 6.23. The van der Waals surface area contributed by atoms with Crippen molar-refractivity contribution in [2.24, 2.45) is 5.84 Å². The Kier molecular flexibility index (Phi) is 6.86. The van der Waals surface area contributed by atoms with E-state index in [9.17, 15) is 14.9 Å². The summed E-state index contributed by atoms with van der Waals surface area (Å²) >= 11 is 5.88. The number of nitrogens with zero attached hydrogens (tertiary/aromatic N) is 1. The minimum atomic E-state index is -0.656. The van der Waals surface area contributed by atoms with Gasteiger partial charge in [-0.05, 0) is 18.9 Å². The molecule has 116 valence electrons. The summed E-state index contributed by atoms with van der Waals surface area (Å²) in [6, 6.07) is 2.46. The highest BCUT2D eigenvalue weighted by molar-refractivity contribution is 6.34. The van der Waals surface area contributed by atoms with Crippen molar-refractivity contribution < 1.29 is 14.5 Å². The van der Waals surface area contributed by atoms with Gasteiger partial charge in [0.2, 0.25) is 0 Å². The molecule has 1 amide bonds. The topological polar surface area (TPSA) is 120 Å². The number of nitrogens with two attached hydrogens (primary N) is 1. The van der Waals surface area contributed by atoms with Gasteiger partial charge in [-0.2, -0.15) is 0 Å². The van der Waals surface area contributed by atoms with Crippen LogP contribution in [0.5, 0.6) is 0 Å². The molecule has 0 spiro atoms. The molecule has 0 radical (unpaired) electrons. The zero-order chi connectivity index (χ0) is 15.8. The van der Waals surface area contributed by atoms with Crippen LogP contribution in [0, 0.1) is 10.1 Å². The van der Waals surface area contributed by atoms with Crippen molar-refractivity contribution in [1.82, 2.24) is 5.32 Å². The molecule has 9 heteroatoms. The van der Waals surface area contributed by atoms with Crippen LogP contribution in [0.15, 0.2) is 12.1 Å². The SMILES string of the molecule is COCCCCNC(=O)c1cc(Cl)c(NN)c([N+](=O)[O-])c1. The van der Waals surface area contributed by atoms with Crippen LogP contribution < -0.4 is 16.6 Å². The van der Waals surface area contributed by atoms with Crippen LogP contribution in [0.3, 0.4) is 0 Å². The molecule has 0 fully saturated rings. The molecule has 0 unspecified atom stereocenters. The smallest absolute Gasteiger partial charge is 0.295 e. The second kappa shape index (κ2) is 8.40. The van der Waals surface area contributed by atoms with Crippen LogP contribution >= 0.6 is 11.6 Å². The number of nitrogens with one attached hydrogen (secondary N) is 2. The molecule has 0 saturated heterocycles. The average Bonchev–Trinajstić information content (AvgIpc) is 2.45. The Morgan fingerprint density at radius 2 is 2.19 bits per heavy atom. The number of methoxy groups -OCH3 is 1. The summed E-state index contributed by atoms with van der Waals surface area (Å²) in [6.45, 7) is 1.06. The molecule has 0 aliphatic heterocycles. The molecule has 1 aromatic rings. The number of unbranched alkanes of at least 4 members (excludes halogenated alkanes) is 1. The van der Waals surface area contributed by atoms with Gasteiger partial charge in [-0.3, -0.25) is 20.8 Å². The number of hydrogen-bond acceptors (Lipinski definition) is 6. The number of ether oxygens (including phenoxy) is 1. The van der Waals surface area contributed by atoms with Crippen LogP contribution in [0.2, 0.25) is 5.02 Å². The summed E-state index contributed by atoms with van der Waals surface area (Å²) in [6.07, 6.45) is 1.56. The predicted octanol–water partition coefficient (Wildman–Crippen LogP) is 1.69. The summed E-state index contributed by atoms with van der Waals surface area (Å²) in [5, 5.41) is 13.6. The van der Waals surface area contributed by atoms with Crippen molar-refractivity contribution >= 4 is 28.9 Å². The van der Waals surface area contributed by atoms with Gasteiger partial charge in [0.25, 0.3) is 11.6 Å². The van der Waals surface area contributed by atoms with Gasteiger partial charge in [0.05, 0.1) is 9.95 Å². The number of rotatable bonds is 8. The number of hydrogen-bond donors (Lipinski definition) is 3. The summed E-state index contributed by atoms with van der Waals surface area (Å²) in [7, 11) is 1.60. The van der Waals surface area contributed by atoms with E-state index < -0.39 is 10.8 Å². The van der Waals surface area contributed by atoms with Crippen LogP contribution in [-0.2, 0) is 4.74 Å². The predicted molar refractivity (Wildman–Crippen MR) is 79.4 cm³/mol. The van der Waals surface area contributed by atoms with Gasteiger partial charge in [0.1, 0.15) is 5.69 Å². The summed E-state index contributed by atoms with van der Waals surface area (Å²) in [5.74, 6) is 4.76. The van der Waals surface area contributed by atoms with E-state index in [0.29, 0.717) is 13.2 Å². The number of hydrazine groups is 1. The van der Waals surface area contributed by atoms with E-state index in [4.69, 9.17) is 22.2 Å². The highest BCUT2D eigenvalue weighted by Crippen LogP contribution is 2.32. The lowest BCUT2D eigenvalue weighted by Crippen LogP contribution is -2.25. The normalized spacial score (nSPS) is 10.2. The molecule has 1 rings (SSSR count). The third-order valence-corrected chi connectivity index (χ3v) is 3.03. The quantitative estimate of drug-likeness (QED) is 0.290. The minimum absolute atomic E-state index is 0.0104. The number of carbonyl (C=O) groups is 1. The van der Waals surface area contributed by atoms with Crippen LogP contribution in [0.4, 0.5) is 11.4 Å². The first kappa shape index (κ1) is 17.2. The molecule has 0 atom stereocenters. The number of benzene rings is 1. The van der Waals surface area contributed by atoms with Crippen molar-refractivity contribution in [3.05, 3.63) is 32.8 Å². The standard InChI is InChI=1S/C12H17ClN4O4/c1-21-5-3-2-4-15-12(18)8-6-9(13)11(16-14)10(7-8)17(19)20/h6-7,16H,2-5,14H2,1H3,(H,15,18). The lowest BCUT2D eigenvalue weighted by atomic mass is 10.1. The Labute approximate surface area is 126 Å². The molecule has 21 heavy (non-hydrogen) atoms. The van der Waals surface area contributed by atoms with E-state index in [-0.39, 0.29) is 22.0 Å². The Balaban J connectivity index is 2.78. The van der Waals surface area contributed by atoms with Gasteiger partial charge in [-0.1, -0.05) is 11.6 Å². The summed E-state index contributed by atoms with van der Waals surface area (Å²) < 4.78 is 4.89. The highest BCUT2D eigenvalue weighted by Gasteiger charge is 2.20. The molecule has 4 N–H and O–H groups in total. The molecule has 0 aromatic heterocycles. The molecule has 0 saturated carbocycles. The third kappa shape index (κ3) is 4.85. The maximum absolute atomic E-state index is 11.9. The van der Waals surface area contributed by atoms with Gasteiger partial charge in [-0.25, -0.2) is 0 Å². The fourth-order valence-corrected chi connectivity index (χ4v) is 1.95. The van der Waals surface area contributed by atoms with Gasteiger partial charge in [-0.15, -0.1) is 0 Å². The van der Waals surface area contributed by atoms with Gasteiger partial charge < -0.3 is 15.5 Å². The molecule has 0 aliphatic carbocycles. The first-order valence-corrected chi connectivity index (χ1v) is 6.60. The Hall–Kier alpha value is -1.90. The monoisotopic (exact) mass is 316 g/mol. The van der Waals surface area contributed by atoms with Crippen LogP contribution in [0.1, 0.15) is 23.2 Å². The third-order valence-electron chi connectivity index (χ3n) is 2.73. The number of anilines is 1. The summed E-state index contributed by atoms with van der Waals surface area (Å²) in [4.78, 5) is 22.2. The van der Waals surface area contributed by atoms with Gasteiger partial charge in [0, 0.05) is 31.9 Å². The highest BCUT2D eigenvalue weighted by atomic mass is 35.5. The fraction of sp³-hybridized carbons (Fsp3) is 0.417. The Bertz CT molecular complexity index is 524. The zero-order valence-electron chi connectivity index (χ0n) is 11.5. The molecule has 8 nitrogen and oxygen atoms in total. The molecular weight excluding hydrogens is 300 g/mol. The first-order chi connectivity index (χ1) is 10.0. The van der Waals surface area contributed by atoms with E-state index in [1.165, 1.54) is 6.07 Å². The molecular formula is C12H17ClN4O4. The lowest BCUT2D eigenvalue weighted by Gasteiger charge is -2.08. The van der Waals surface area contributed by atoms with Crippen molar-refractivity contribution in [2.75, 3.05) is 25.7 Å². The van der Waals surface area contributed by atoms with E-state index in [0.717, 1.165) is 18.9 Å². The summed E-state index contributed by atoms with van der Waals surface area (Å²) in [5.41, 5.74) is 1.89. The maximum atomic E-state index is 11.9. The largest absolute Gasteiger partial charge is 0.385 e. The fourth-order valence-electron chi connectivity index (χ4n) is 1.69. The second-order valence-electron chi connectivity index (χ2n) is 4.21. The number of carbonyl (C=O) groups excluding carboxylic acids is 1. The van der Waals surface area contributed by atoms with Crippen molar-refractivity contribution in [3.63, 3.8) is 0 Å². The lowest BCUT2D eigenvalue weighted by molar-refractivity contribution is -0.384. The Morgan fingerprint density at radius 1 is 1.48 bits per heavy atom. The number of nitro benzene ring substituents is 1. The van der Waals surface area contributed by atoms with E-state index in [1.807, 2.05) is 0 Å². The van der Waals surface area contributed by atoms with Gasteiger partial charge >= 0.3 is 0 Å². The average molecular weight is 317 g/mol. The van der Waals surface area contributed by atoms with Gasteiger partial charge in [0.15, 0.2) is 0 Å². The van der Waals surface area contributed by atoms with Crippen molar-refractivity contribution in [2.45, 2.75) is 12.8 Å². The van der Waals surface area contributed by atoms with E-state index >= 15 is 0 Å². The second-order valence-corrected chi connectivity index (χ2v) is 4.62. The zero-order valence-corrected chi connectivity index (χ0v) is 12.3. The molecule has 0 heterocycles. The molecule has 1 aromatic carbocycles. The Morgan fingerprint density at radius 3 is 2.76 bits per heavy atom. The van der Waals surface area contributed by atoms with Crippen molar-refractivity contribution in [1.29, 1.82) is 0 Å². The molecule has 0 bridgehead atoms.